The molecule has 82 valence electrons. The molecule has 0 N–H and O–H groups in total. The Morgan fingerprint density at radius 2 is 2.07 bits per heavy atom. The van der Waals surface area contributed by atoms with Crippen molar-refractivity contribution in [3.63, 3.8) is 0 Å². The Morgan fingerprint density at radius 1 is 1.36 bits per heavy atom. The Balaban J connectivity index is 2.23. The van der Waals surface area contributed by atoms with Gasteiger partial charge in [0.1, 0.15) is 6.10 Å². The molecule has 1 saturated carbocycles. The Hall–Kier alpha value is -0.530. The average Bonchev–Trinajstić information content (AvgIpc) is 2.18. The fraction of sp³-hybridized carbons (Fsp3) is 0.917. The van der Waals surface area contributed by atoms with Gasteiger partial charge in [0.05, 0.1) is 0 Å². The van der Waals surface area contributed by atoms with E-state index in [4.69, 9.17) is 4.74 Å². The monoisotopic (exact) mass is 198 g/mol. The first-order valence-corrected chi connectivity index (χ1v) is 5.93. The van der Waals surface area contributed by atoms with Gasteiger partial charge >= 0.3 is 5.97 Å². The summed E-state index contributed by atoms with van der Waals surface area (Å²) in [5, 5.41) is 0. The molecule has 0 aromatic carbocycles. The molecule has 0 aromatic rings. The lowest BCUT2D eigenvalue weighted by atomic mass is 9.88. The standard InChI is InChI=1S/C12H22O2/c1-3-4-9-12(13)14-11-8-6-5-7-10(11)2/h10-11H,3-9H2,1-2H3. The highest BCUT2D eigenvalue weighted by Gasteiger charge is 2.24. The lowest BCUT2D eigenvalue weighted by molar-refractivity contribution is -0.153. The summed E-state index contributed by atoms with van der Waals surface area (Å²) in [4.78, 5) is 11.4. The van der Waals surface area contributed by atoms with Crippen LogP contribution < -0.4 is 0 Å². The van der Waals surface area contributed by atoms with Crippen molar-refractivity contribution in [3.8, 4) is 0 Å². The zero-order valence-corrected chi connectivity index (χ0v) is 9.42. The topological polar surface area (TPSA) is 26.3 Å². The molecule has 0 saturated heterocycles. The van der Waals surface area contributed by atoms with Gasteiger partial charge in [-0.1, -0.05) is 26.7 Å². The third kappa shape index (κ3) is 3.69. The van der Waals surface area contributed by atoms with Crippen LogP contribution >= 0.6 is 0 Å². The molecule has 14 heavy (non-hydrogen) atoms. The molecule has 2 nitrogen and oxygen atoms in total. The van der Waals surface area contributed by atoms with Crippen LogP contribution in [0.2, 0.25) is 0 Å². The molecule has 0 radical (unpaired) electrons. The Labute approximate surface area is 87.0 Å². The molecule has 2 unspecified atom stereocenters. The van der Waals surface area contributed by atoms with E-state index in [1.54, 1.807) is 0 Å². The van der Waals surface area contributed by atoms with Crippen LogP contribution in [-0.2, 0) is 9.53 Å². The van der Waals surface area contributed by atoms with Gasteiger partial charge in [-0.3, -0.25) is 4.79 Å². The number of hydrogen-bond donors (Lipinski definition) is 0. The molecule has 0 bridgehead atoms. The highest BCUT2D eigenvalue weighted by Crippen LogP contribution is 2.26. The predicted octanol–water partition coefficient (Wildman–Crippen LogP) is 3.30. The van der Waals surface area contributed by atoms with Gasteiger partial charge in [-0.2, -0.15) is 0 Å². The summed E-state index contributed by atoms with van der Waals surface area (Å²) >= 11 is 0. The number of rotatable bonds is 4. The third-order valence-electron chi connectivity index (χ3n) is 3.05. The molecule has 0 amide bonds. The lowest BCUT2D eigenvalue weighted by Gasteiger charge is -2.28. The number of unbranched alkanes of at least 4 members (excludes halogenated alkanes) is 1. The van der Waals surface area contributed by atoms with Crippen molar-refractivity contribution in [1.82, 2.24) is 0 Å². The van der Waals surface area contributed by atoms with E-state index in [0.717, 1.165) is 19.3 Å². The summed E-state index contributed by atoms with van der Waals surface area (Å²) < 4.78 is 5.47. The van der Waals surface area contributed by atoms with E-state index in [2.05, 4.69) is 13.8 Å². The second kappa shape index (κ2) is 6.05. The summed E-state index contributed by atoms with van der Waals surface area (Å²) in [7, 11) is 0. The molecule has 0 spiro atoms. The molecular formula is C12H22O2. The van der Waals surface area contributed by atoms with Gasteiger partial charge in [-0.25, -0.2) is 0 Å². The fourth-order valence-electron chi connectivity index (χ4n) is 2.01. The molecular weight excluding hydrogens is 176 g/mol. The molecule has 2 heteroatoms. The van der Waals surface area contributed by atoms with Crippen molar-refractivity contribution in [1.29, 1.82) is 0 Å². The summed E-state index contributed by atoms with van der Waals surface area (Å²) in [5.41, 5.74) is 0. The van der Waals surface area contributed by atoms with Crippen LogP contribution in [0.3, 0.4) is 0 Å². The molecule has 0 aliphatic heterocycles. The molecule has 2 atom stereocenters. The summed E-state index contributed by atoms with van der Waals surface area (Å²) in [5.74, 6) is 0.569. The second-order valence-electron chi connectivity index (χ2n) is 4.39. The summed E-state index contributed by atoms with van der Waals surface area (Å²) in [6.45, 7) is 4.29. The molecule has 1 aliphatic rings. The van der Waals surface area contributed by atoms with E-state index in [0.29, 0.717) is 12.3 Å². The molecule has 1 fully saturated rings. The maximum absolute atomic E-state index is 11.4. The highest BCUT2D eigenvalue weighted by atomic mass is 16.5. The quantitative estimate of drug-likeness (QED) is 0.648. The Morgan fingerprint density at radius 3 is 2.71 bits per heavy atom. The normalized spacial score (nSPS) is 27.3. The van der Waals surface area contributed by atoms with Crippen molar-refractivity contribution in [3.05, 3.63) is 0 Å². The van der Waals surface area contributed by atoms with Crippen LogP contribution in [-0.4, -0.2) is 12.1 Å². The molecule has 1 aliphatic carbocycles. The minimum Gasteiger partial charge on any atom is -0.462 e. The first-order valence-electron chi connectivity index (χ1n) is 5.93. The minimum atomic E-state index is 0.00519. The van der Waals surface area contributed by atoms with Crippen LogP contribution in [0, 0.1) is 5.92 Å². The molecule has 1 rings (SSSR count). The van der Waals surface area contributed by atoms with E-state index in [-0.39, 0.29) is 12.1 Å². The van der Waals surface area contributed by atoms with E-state index in [9.17, 15) is 4.79 Å². The van der Waals surface area contributed by atoms with Gasteiger partial charge in [0.15, 0.2) is 0 Å². The Bertz CT molecular complexity index is 177. The summed E-state index contributed by atoms with van der Waals surface area (Å²) in [6, 6.07) is 0. The largest absolute Gasteiger partial charge is 0.462 e. The maximum Gasteiger partial charge on any atom is 0.306 e. The van der Waals surface area contributed by atoms with Gasteiger partial charge < -0.3 is 4.74 Å². The van der Waals surface area contributed by atoms with Crippen molar-refractivity contribution in [2.45, 2.75) is 64.9 Å². The third-order valence-corrected chi connectivity index (χ3v) is 3.05. The highest BCUT2D eigenvalue weighted by molar-refractivity contribution is 5.69. The zero-order valence-electron chi connectivity index (χ0n) is 9.42. The number of carbonyl (C=O) groups is 1. The first kappa shape index (κ1) is 11.5. The fourth-order valence-corrected chi connectivity index (χ4v) is 2.01. The number of carbonyl (C=O) groups excluding carboxylic acids is 1. The summed E-state index contributed by atoms with van der Waals surface area (Å²) in [6.07, 6.45) is 7.62. The van der Waals surface area contributed by atoms with Gasteiger partial charge in [0.25, 0.3) is 0 Å². The van der Waals surface area contributed by atoms with E-state index in [1.807, 2.05) is 0 Å². The van der Waals surface area contributed by atoms with Gasteiger partial charge in [-0.05, 0) is 31.6 Å². The number of hydrogen-bond acceptors (Lipinski definition) is 2. The van der Waals surface area contributed by atoms with E-state index in [1.165, 1.54) is 19.3 Å². The number of esters is 1. The van der Waals surface area contributed by atoms with E-state index >= 15 is 0 Å². The van der Waals surface area contributed by atoms with Crippen molar-refractivity contribution in [2.75, 3.05) is 0 Å². The molecule has 0 heterocycles. The predicted molar refractivity (Wildman–Crippen MR) is 57.0 cm³/mol. The SMILES string of the molecule is CCCCC(=O)OC1CCCCC1C. The van der Waals surface area contributed by atoms with Crippen LogP contribution in [0.15, 0.2) is 0 Å². The van der Waals surface area contributed by atoms with Gasteiger partial charge in [-0.15, -0.1) is 0 Å². The molecule has 0 aromatic heterocycles. The average molecular weight is 198 g/mol. The van der Waals surface area contributed by atoms with Crippen LogP contribution in [0.25, 0.3) is 0 Å². The zero-order chi connectivity index (χ0) is 10.4. The smallest absolute Gasteiger partial charge is 0.306 e. The second-order valence-corrected chi connectivity index (χ2v) is 4.39. The van der Waals surface area contributed by atoms with Crippen LogP contribution in [0.1, 0.15) is 58.8 Å². The number of ether oxygens (including phenoxy) is 1. The van der Waals surface area contributed by atoms with Crippen molar-refractivity contribution < 1.29 is 9.53 Å². The lowest BCUT2D eigenvalue weighted by Crippen LogP contribution is -2.28. The van der Waals surface area contributed by atoms with Crippen LogP contribution in [0.4, 0.5) is 0 Å². The van der Waals surface area contributed by atoms with E-state index < -0.39 is 0 Å². The maximum atomic E-state index is 11.4. The van der Waals surface area contributed by atoms with Crippen molar-refractivity contribution >= 4 is 5.97 Å². The van der Waals surface area contributed by atoms with Crippen molar-refractivity contribution in [2.24, 2.45) is 5.92 Å². The van der Waals surface area contributed by atoms with Gasteiger partial charge in [0, 0.05) is 6.42 Å². The van der Waals surface area contributed by atoms with Gasteiger partial charge in [0.2, 0.25) is 0 Å². The first-order chi connectivity index (χ1) is 6.74. The Kier molecular flexibility index (Phi) is 4.99. The minimum absolute atomic E-state index is 0.00519. The van der Waals surface area contributed by atoms with Crippen LogP contribution in [0.5, 0.6) is 0 Å².